The van der Waals surface area contributed by atoms with Crippen LogP contribution in [0.5, 0.6) is 0 Å². The van der Waals surface area contributed by atoms with Crippen LogP contribution in [0.15, 0.2) is 47.4 Å². The summed E-state index contributed by atoms with van der Waals surface area (Å²) in [7, 11) is -5.76. The van der Waals surface area contributed by atoms with Gasteiger partial charge in [-0.25, -0.2) is 0 Å². The highest BCUT2D eigenvalue weighted by atomic mass is 32.1. The van der Waals surface area contributed by atoms with E-state index in [1.165, 1.54) is 24.4 Å². The molecule has 2 fully saturated rings. The Morgan fingerprint density at radius 1 is 1.07 bits per heavy atom. The molecular formula is C27H29F2N4O7PS. The predicted molar refractivity (Wildman–Crippen MR) is 150 cm³/mol. The number of nitrogens with one attached hydrogen (secondary N) is 3. The maximum absolute atomic E-state index is 14.2. The molecule has 3 aromatic rings. The molecule has 3 amide bonds. The first-order valence-corrected chi connectivity index (χ1v) is 15.8. The number of amides is 3. The normalized spacial score (nSPS) is 21.5. The Hall–Kier alpha value is -3.45. The van der Waals surface area contributed by atoms with E-state index in [1.807, 2.05) is 0 Å². The Bertz CT molecular complexity index is 1640. The summed E-state index contributed by atoms with van der Waals surface area (Å²) in [5.41, 5.74) is -4.93. The first-order valence-electron chi connectivity index (χ1n) is 13.4. The molecular weight excluding hydrogens is 593 g/mol. The molecule has 42 heavy (non-hydrogen) atoms. The van der Waals surface area contributed by atoms with Crippen molar-refractivity contribution >= 4 is 46.7 Å². The second kappa shape index (κ2) is 11.7. The lowest BCUT2D eigenvalue weighted by Crippen LogP contribution is -2.56. The second-order valence-corrected chi connectivity index (χ2v) is 13.3. The number of aromatic amines is 1. The van der Waals surface area contributed by atoms with Gasteiger partial charge in [-0.2, -0.15) is 8.78 Å². The van der Waals surface area contributed by atoms with E-state index in [0.717, 1.165) is 36.3 Å². The van der Waals surface area contributed by atoms with E-state index < -0.39 is 36.8 Å². The molecule has 11 nitrogen and oxygen atoms in total. The maximum Gasteiger partial charge on any atom is 0.399 e. The minimum atomic E-state index is -5.76. The Morgan fingerprint density at radius 3 is 2.57 bits per heavy atom. The first-order chi connectivity index (χ1) is 19.8. The van der Waals surface area contributed by atoms with Crippen LogP contribution < -0.4 is 16.2 Å². The number of fused-ring (bicyclic) bond motifs is 2. The number of pyridine rings is 1. The van der Waals surface area contributed by atoms with Crippen molar-refractivity contribution in [3.05, 3.63) is 69.0 Å². The molecule has 5 rings (SSSR count). The van der Waals surface area contributed by atoms with E-state index in [0.29, 0.717) is 35.9 Å². The van der Waals surface area contributed by atoms with Crippen molar-refractivity contribution in [3.8, 4) is 0 Å². The van der Waals surface area contributed by atoms with Crippen LogP contribution in [0.3, 0.4) is 0 Å². The third-order valence-corrected chi connectivity index (χ3v) is 9.81. The number of benzene rings is 1. The summed E-state index contributed by atoms with van der Waals surface area (Å²) >= 11 is 0.997. The lowest BCUT2D eigenvalue weighted by atomic mass is 9.99. The Labute approximate surface area is 242 Å². The summed E-state index contributed by atoms with van der Waals surface area (Å²) in [5.74, 6) is -1.31. The lowest BCUT2D eigenvalue weighted by Gasteiger charge is -2.35. The fraction of sp³-hybridized carbons (Fsp3) is 0.407. The van der Waals surface area contributed by atoms with Crippen molar-refractivity contribution in [2.75, 3.05) is 0 Å². The van der Waals surface area contributed by atoms with Gasteiger partial charge in [-0.05, 0) is 60.9 Å². The topological polar surface area (TPSA) is 169 Å². The van der Waals surface area contributed by atoms with E-state index in [-0.39, 0.29) is 40.2 Å². The van der Waals surface area contributed by atoms with Crippen molar-refractivity contribution in [1.29, 1.82) is 0 Å². The molecule has 2 saturated heterocycles. The first kappa shape index (κ1) is 30.0. The molecule has 1 aromatic carbocycles. The summed E-state index contributed by atoms with van der Waals surface area (Å²) in [6.07, 6.45) is 5.19. The molecule has 2 aliphatic rings. The Balaban J connectivity index is 1.31. The van der Waals surface area contributed by atoms with Crippen molar-refractivity contribution in [3.63, 3.8) is 0 Å². The fourth-order valence-electron chi connectivity index (χ4n) is 5.57. The number of aromatic nitrogens is 1. The number of hydrogen-bond acceptors (Lipinski definition) is 6. The zero-order chi connectivity index (χ0) is 30.2. The van der Waals surface area contributed by atoms with Gasteiger partial charge in [-0.3, -0.25) is 23.7 Å². The molecule has 0 radical (unpaired) electrons. The van der Waals surface area contributed by atoms with Gasteiger partial charge in [0.2, 0.25) is 17.4 Å². The van der Waals surface area contributed by atoms with E-state index in [9.17, 15) is 32.5 Å². The van der Waals surface area contributed by atoms with Gasteiger partial charge in [0.25, 0.3) is 5.91 Å². The summed E-state index contributed by atoms with van der Waals surface area (Å²) in [6.45, 7) is 0.125. The maximum atomic E-state index is 14.2. The minimum Gasteiger partial charge on any atom is -0.350 e. The Kier molecular flexibility index (Phi) is 8.35. The average Bonchev–Trinajstić information content (AvgIpc) is 3.55. The fourth-order valence-corrected chi connectivity index (χ4v) is 6.99. The van der Waals surface area contributed by atoms with Crippen LogP contribution >= 0.6 is 18.9 Å². The van der Waals surface area contributed by atoms with Gasteiger partial charge in [0.1, 0.15) is 12.1 Å². The highest BCUT2D eigenvalue weighted by molar-refractivity contribution is 7.52. The molecule has 0 aliphatic carbocycles. The van der Waals surface area contributed by atoms with E-state index >= 15 is 0 Å². The summed E-state index contributed by atoms with van der Waals surface area (Å²) < 4.78 is 40.1. The van der Waals surface area contributed by atoms with Crippen LogP contribution in [0.1, 0.15) is 59.3 Å². The average molecular weight is 623 g/mol. The van der Waals surface area contributed by atoms with Crippen molar-refractivity contribution < 1.29 is 37.5 Å². The number of thiophene rings is 1. The van der Waals surface area contributed by atoms with Gasteiger partial charge in [0.05, 0.1) is 4.88 Å². The van der Waals surface area contributed by atoms with Crippen LogP contribution in [0.2, 0.25) is 0 Å². The molecule has 15 heteroatoms. The number of carbonyl (C=O) groups is 3. The lowest BCUT2D eigenvalue weighted by molar-refractivity contribution is -0.142. The number of rotatable bonds is 7. The van der Waals surface area contributed by atoms with Crippen molar-refractivity contribution in [1.82, 2.24) is 20.5 Å². The van der Waals surface area contributed by atoms with Gasteiger partial charge >= 0.3 is 13.3 Å². The van der Waals surface area contributed by atoms with Gasteiger partial charge in [-0.15, -0.1) is 11.3 Å². The molecule has 3 atom stereocenters. The minimum absolute atomic E-state index is 0.125. The molecule has 2 aliphatic heterocycles. The predicted octanol–water partition coefficient (Wildman–Crippen LogP) is 3.17. The standard InChI is InChI=1S/C27H29F2N4O7PS/c28-27(29,41(38,39)40)17-5-8-21-16(12-17)13-22(42-21)25(36)32-19-4-2-1-3-18-6-7-20(33(18)26(19)37)24(35)31-14-15-9-10-30-23(34)11-15/h5,8-13,18-20H,1-4,6-7,14H2,(H,30,34)(H,31,35)(H,32,36)(H2,38,39,40)/t18-,19-,20-/m0/s1. The second-order valence-electron chi connectivity index (χ2n) is 10.5. The SMILES string of the molecule is O=C(N[C@H]1CCCC[C@H]2CC[C@@H](C(=O)NCc3cc[nH]c(=O)c3)N2C1=O)c1cc2cc(C(F)(F)P(=O)(O)O)ccc2s1. The molecule has 4 heterocycles. The quantitative estimate of drug-likeness (QED) is 0.252. The molecule has 0 unspecified atom stereocenters. The zero-order valence-electron chi connectivity index (χ0n) is 22.2. The van der Waals surface area contributed by atoms with E-state index in [2.05, 4.69) is 15.6 Å². The van der Waals surface area contributed by atoms with Crippen LogP contribution in [0.4, 0.5) is 8.78 Å². The largest absolute Gasteiger partial charge is 0.399 e. The van der Waals surface area contributed by atoms with Gasteiger partial charge in [0, 0.05) is 35.1 Å². The summed E-state index contributed by atoms with van der Waals surface area (Å²) in [5, 5.41) is 5.77. The van der Waals surface area contributed by atoms with Gasteiger partial charge in [-0.1, -0.05) is 18.9 Å². The highest BCUT2D eigenvalue weighted by Gasteiger charge is 2.50. The number of alkyl halides is 2. The van der Waals surface area contributed by atoms with Crippen molar-refractivity contribution in [2.24, 2.45) is 0 Å². The van der Waals surface area contributed by atoms with Crippen LogP contribution in [-0.4, -0.2) is 55.5 Å². The molecule has 0 spiro atoms. The van der Waals surface area contributed by atoms with Crippen LogP contribution in [-0.2, 0) is 26.4 Å². The Morgan fingerprint density at radius 2 is 1.83 bits per heavy atom. The smallest absolute Gasteiger partial charge is 0.350 e. The molecule has 224 valence electrons. The van der Waals surface area contributed by atoms with Gasteiger partial charge < -0.3 is 30.3 Å². The van der Waals surface area contributed by atoms with Gasteiger partial charge in [0.15, 0.2) is 0 Å². The number of halogens is 2. The molecule has 0 bridgehead atoms. The van der Waals surface area contributed by atoms with E-state index in [4.69, 9.17) is 9.79 Å². The number of hydrogen-bond donors (Lipinski definition) is 5. The number of nitrogens with zero attached hydrogens (tertiary/aromatic N) is 1. The zero-order valence-corrected chi connectivity index (χ0v) is 23.9. The van der Waals surface area contributed by atoms with E-state index in [1.54, 1.807) is 11.0 Å². The highest BCUT2D eigenvalue weighted by Crippen LogP contribution is 2.59. The summed E-state index contributed by atoms with van der Waals surface area (Å²) in [6, 6.07) is 5.73. The van der Waals surface area contributed by atoms with Crippen molar-refractivity contribution in [2.45, 2.75) is 68.9 Å². The van der Waals surface area contributed by atoms with Crippen LogP contribution in [0, 0.1) is 0 Å². The van der Waals surface area contributed by atoms with Crippen LogP contribution in [0.25, 0.3) is 10.1 Å². The monoisotopic (exact) mass is 622 g/mol. The third-order valence-electron chi connectivity index (χ3n) is 7.70. The third kappa shape index (κ3) is 6.03. The number of H-pyrrole nitrogens is 1. The number of carbonyl (C=O) groups excluding carboxylic acids is 3. The molecule has 5 N–H and O–H groups in total. The molecule has 0 saturated carbocycles. The molecule has 2 aromatic heterocycles. The summed E-state index contributed by atoms with van der Waals surface area (Å²) in [4.78, 5) is 73.9.